The molecule has 0 radical (unpaired) electrons. The van der Waals surface area contributed by atoms with Crippen LogP contribution in [-0.4, -0.2) is 15.8 Å². The van der Waals surface area contributed by atoms with E-state index in [0.29, 0.717) is 5.57 Å². The molecule has 0 unspecified atom stereocenters. The molecule has 0 fully saturated rings. The van der Waals surface area contributed by atoms with Crippen LogP contribution in [0.25, 0.3) is 0 Å². The molecule has 23 heavy (non-hydrogen) atoms. The van der Waals surface area contributed by atoms with E-state index < -0.39 is 11.8 Å². The maximum Gasteiger partial charge on any atom is 0.216 e. The van der Waals surface area contributed by atoms with E-state index in [0.717, 1.165) is 5.56 Å². The van der Waals surface area contributed by atoms with Crippen LogP contribution in [0, 0.1) is 11.3 Å². The lowest BCUT2D eigenvalue weighted by atomic mass is 9.78. The normalized spacial score (nSPS) is 27.2. The molecule has 0 aliphatic carbocycles. The number of aliphatic hydroxyl groups is 1. The lowest BCUT2D eigenvalue weighted by Gasteiger charge is -2.43. The van der Waals surface area contributed by atoms with Crippen molar-refractivity contribution in [3.63, 3.8) is 0 Å². The summed E-state index contributed by atoms with van der Waals surface area (Å²) in [5.74, 6) is -0.362. The van der Waals surface area contributed by atoms with Gasteiger partial charge in [0.1, 0.15) is 0 Å². The van der Waals surface area contributed by atoms with Gasteiger partial charge in [0.15, 0.2) is 18.1 Å². The lowest BCUT2D eigenvalue weighted by Crippen LogP contribution is -2.63. The van der Waals surface area contributed by atoms with Gasteiger partial charge in [0.05, 0.1) is 12.0 Å². The van der Waals surface area contributed by atoms with Crippen molar-refractivity contribution in [3.8, 4) is 6.07 Å². The van der Waals surface area contributed by atoms with Gasteiger partial charge in [0.25, 0.3) is 0 Å². The standard InChI is InChI=1S/C17H16N4OS/c1-17(22)15(21-9-3-2-4-10-21)14(12-5-7-19-8-6-12)13(11-18)16(23)20-17/h2-10,14-15,20,22H,1H3/t14-,15+,17+/m1/s1. The van der Waals surface area contributed by atoms with Gasteiger partial charge in [-0.15, -0.1) is 0 Å². The highest BCUT2D eigenvalue weighted by Crippen LogP contribution is 2.41. The Labute approximate surface area is 140 Å². The second-order valence-electron chi connectivity index (χ2n) is 5.65. The summed E-state index contributed by atoms with van der Waals surface area (Å²) in [5.41, 5.74) is 0.0401. The Balaban J connectivity index is 2.23. The first-order valence-electron chi connectivity index (χ1n) is 7.22. The summed E-state index contributed by atoms with van der Waals surface area (Å²) in [6, 6.07) is 11.2. The first-order valence-corrected chi connectivity index (χ1v) is 7.63. The minimum Gasteiger partial charge on any atom is -0.762 e. The van der Waals surface area contributed by atoms with E-state index >= 15 is 0 Å². The Hall–Kier alpha value is -2.49. The number of pyridine rings is 2. The number of allylic oxidation sites excluding steroid dienone is 1. The molecule has 116 valence electrons. The van der Waals surface area contributed by atoms with E-state index in [4.69, 9.17) is 12.6 Å². The molecular weight excluding hydrogens is 308 g/mol. The number of rotatable bonds is 2. The quantitative estimate of drug-likeness (QED) is 0.643. The van der Waals surface area contributed by atoms with Gasteiger partial charge in [-0.25, -0.2) is 0 Å². The molecule has 2 N–H and O–H groups in total. The fourth-order valence-corrected chi connectivity index (χ4v) is 3.47. The zero-order valence-electron chi connectivity index (χ0n) is 12.5. The van der Waals surface area contributed by atoms with Gasteiger partial charge in [-0.3, -0.25) is 4.98 Å². The van der Waals surface area contributed by atoms with Crippen molar-refractivity contribution in [2.24, 2.45) is 0 Å². The third-order valence-electron chi connectivity index (χ3n) is 4.06. The van der Waals surface area contributed by atoms with Gasteiger partial charge in [-0.2, -0.15) is 9.83 Å². The maximum absolute atomic E-state index is 10.9. The highest BCUT2D eigenvalue weighted by atomic mass is 32.1. The summed E-state index contributed by atoms with van der Waals surface area (Å²) in [7, 11) is 0. The topological polar surface area (TPSA) is 72.8 Å². The molecule has 0 aromatic carbocycles. The number of nitrogens with one attached hydrogen (secondary N) is 1. The fourth-order valence-electron chi connectivity index (χ4n) is 3.09. The third kappa shape index (κ3) is 2.77. The highest BCUT2D eigenvalue weighted by molar-refractivity contribution is 7.63. The Morgan fingerprint density at radius 2 is 1.96 bits per heavy atom. The zero-order chi connectivity index (χ0) is 16.4. The molecule has 5 nitrogen and oxygen atoms in total. The van der Waals surface area contributed by atoms with Gasteiger partial charge < -0.3 is 23.1 Å². The first-order chi connectivity index (χ1) is 11.0. The molecule has 3 atom stereocenters. The van der Waals surface area contributed by atoms with Crippen LogP contribution in [0.2, 0.25) is 0 Å². The van der Waals surface area contributed by atoms with Crippen molar-refractivity contribution in [2.45, 2.75) is 24.6 Å². The van der Waals surface area contributed by atoms with E-state index in [2.05, 4.69) is 16.4 Å². The number of hydrogen-bond donors (Lipinski definition) is 2. The van der Waals surface area contributed by atoms with Crippen LogP contribution in [0.4, 0.5) is 0 Å². The molecule has 1 aliphatic heterocycles. The van der Waals surface area contributed by atoms with Gasteiger partial charge in [0.2, 0.25) is 6.04 Å². The maximum atomic E-state index is 10.9. The van der Waals surface area contributed by atoms with E-state index in [1.165, 1.54) is 0 Å². The van der Waals surface area contributed by atoms with Crippen LogP contribution in [0.1, 0.15) is 24.4 Å². The summed E-state index contributed by atoms with van der Waals surface area (Å²) in [6.45, 7) is 1.67. The monoisotopic (exact) mass is 324 g/mol. The van der Waals surface area contributed by atoms with Gasteiger partial charge >= 0.3 is 0 Å². The largest absolute Gasteiger partial charge is 0.762 e. The highest BCUT2D eigenvalue weighted by Gasteiger charge is 2.50. The average Bonchev–Trinajstić information content (AvgIpc) is 2.55. The zero-order valence-corrected chi connectivity index (χ0v) is 13.4. The molecule has 2 aromatic heterocycles. The minimum atomic E-state index is -1.29. The van der Waals surface area contributed by atoms with Gasteiger partial charge in [-0.05, 0) is 24.6 Å². The first kappa shape index (κ1) is 15.4. The summed E-state index contributed by atoms with van der Waals surface area (Å²) < 4.78 is 1.90. The van der Waals surface area contributed by atoms with Crippen LogP contribution in [0.3, 0.4) is 0 Å². The Bertz CT molecular complexity index is 768. The molecule has 0 saturated heterocycles. The predicted octanol–water partition coefficient (Wildman–Crippen LogP) is 1.29. The number of nitriles is 1. The summed E-state index contributed by atoms with van der Waals surface area (Å²) >= 11 is 5.30. The molecular formula is C17H16N4OS. The number of aromatic nitrogens is 2. The smallest absolute Gasteiger partial charge is 0.216 e. The van der Waals surface area contributed by atoms with Crippen LogP contribution < -0.4 is 9.88 Å². The predicted molar refractivity (Wildman–Crippen MR) is 86.4 cm³/mol. The van der Waals surface area contributed by atoms with Crippen molar-refractivity contribution < 1.29 is 9.67 Å². The molecule has 0 amide bonds. The van der Waals surface area contributed by atoms with Crippen molar-refractivity contribution in [1.82, 2.24) is 10.3 Å². The second-order valence-corrected chi connectivity index (χ2v) is 6.06. The summed E-state index contributed by atoms with van der Waals surface area (Å²) in [5, 5.41) is 23.7. The average molecular weight is 324 g/mol. The molecule has 0 saturated carbocycles. The van der Waals surface area contributed by atoms with E-state index in [1.54, 1.807) is 19.3 Å². The van der Waals surface area contributed by atoms with Crippen LogP contribution in [0.15, 0.2) is 65.7 Å². The number of nitrogens with zero attached hydrogens (tertiary/aromatic N) is 3. The van der Waals surface area contributed by atoms with Gasteiger partial charge in [-0.1, -0.05) is 11.1 Å². The summed E-state index contributed by atoms with van der Waals surface area (Å²) in [4.78, 5) is 4.03. The Morgan fingerprint density at radius 3 is 2.57 bits per heavy atom. The van der Waals surface area contributed by atoms with Crippen LogP contribution in [0.5, 0.6) is 0 Å². The van der Waals surface area contributed by atoms with Crippen molar-refractivity contribution in [1.29, 1.82) is 5.26 Å². The van der Waals surface area contributed by atoms with E-state index in [-0.39, 0.29) is 10.9 Å². The lowest BCUT2D eigenvalue weighted by molar-refractivity contribution is -0.741. The molecule has 3 rings (SSSR count). The Morgan fingerprint density at radius 1 is 1.30 bits per heavy atom. The molecule has 3 heterocycles. The van der Waals surface area contributed by atoms with Crippen molar-refractivity contribution in [2.75, 3.05) is 0 Å². The number of hydrogen-bond acceptors (Lipinski definition) is 5. The van der Waals surface area contributed by atoms with E-state index in [9.17, 15) is 10.4 Å². The second kappa shape index (κ2) is 5.95. The van der Waals surface area contributed by atoms with Crippen molar-refractivity contribution in [3.05, 3.63) is 71.3 Å². The van der Waals surface area contributed by atoms with Crippen LogP contribution in [-0.2, 0) is 12.6 Å². The SMILES string of the molecule is C[C@@]1(O)NC([S-])=C(C#N)[C@@H](c2ccncc2)[C@@H]1[n+]1ccccc1. The van der Waals surface area contributed by atoms with Crippen LogP contribution >= 0.6 is 0 Å². The minimum absolute atomic E-state index is 0.284. The fraction of sp³-hybridized carbons (Fsp3) is 0.235. The van der Waals surface area contributed by atoms with E-state index in [1.807, 2.05) is 47.3 Å². The third-order valence-corrected chi connectivity index (χ3v) is 4.38. The molecule has 0 spiro atoms. The molecule has 1 aliphatic rings. The van der Waals surface area contributed by atoms with Gasteiger partial charge in [0, 0.05) is 30.1 Å². The molecule has 0 bridgehead atoms. The van der Waals surface area contributed by atoms with Crippen molar-refractivity contribution >= 4 is 12.6 Å². The molecule has 2 aromatic rings. The molecule has 6 heteroatoms. The Kier molecular flexibility index (Phi) is 3.99. The summed E-state index contributed by atoms with van der Waals surface area (Å²) in [6.07, 6.45) is 7.10.